The molecule has 1 aromatic heterocycles. The van der Waals surface area contributed by atoms with Crippen molar-refractivity contribution in [2.24, 2.45) is 0 Å². The Kier molecular flexibility index (Phi) is 3.75. The molecule has 7 heteroatoms. The highest BCUT2D eigenvalue weighted by Crippen LogP contribution is 2.32. The van der Waals surface area contributed by atoms with Crippen LogP contribution < -0.4 is 0 Å². The molecule has 1 aromatic rings. The molecule has 2 heterocycles. The summed E-state index contributed by atoms with van der Waals surface area (Å²) in [6, 6.07) is 0. The van der Waals surface area contributed by atoms with Gasteiger partial charge in [0.25, 0.3) is 10.0 Å². The second-order valence-electron chi connectivity index (χ2n) is 4.99. The summed E-state index contributed by atoms with van der Waals surface area (Å²) in [5.74, 6) is 1.54. The van der Waals surface area contributed by atoms with Crippen molar-refractivity contribution >= 4 is 21.8 Å². The third kappa shape index (κ3) is 2.73. The lowest BCUT2D eigenvalue weighted by Crippen LogP contribution is -2.46. The molecule has 1 fully saturated rings. The van der Waals surface area contributed by atoms with E-state index in [1.54, 1.807) is 4.31 Å². The fourth-order valence-corrected chi connectivity index (χ4v) is 4.82. The molecule has 1 saturated heterocycles. The Hall–Kier alpha value is -0.530. The summed E-state index contributed by atoms with van der Waals surface area (Å²) in [6.07, 6.45) is 2.12. The number of sulfonamides is 1. The molecule has 2 rings (SSSR count). The van der Waals surface area contributed by atoms with Gasteiger partial charge >= 0.3 is 0 Å². The van der Waals surface area contributed by atoms with E-state index in [9.17, 15) is 8.42 Å². The van der Waals surface area contributed by atoms with Crippen molar-refractivity contribution in [2.45, 2.75) is 37.0 Å². The van der Waals surface area contributed by atoms with Crippen LogP contribution in [-0.4, -0.2) is 46.3 Å². The molecule has 0 spiro atoms. The molecular weight excluding hydrogens is 270 g/mol. The zero-order valence-electron chi connectivity index (χ0n) is 10.9. The molecule has 5 nitrogen and oxygen atoms in total. The smallest absolute Gasteiger partial charge is 0.260 e. The number of nitrogens with zero attached hydrogens (tertiary/aromatic N) is 2. The van der Waals surface area contributed by atoms with E-state index in [1.807, 2.05) is 18.7 Å². The van der Waals surface area contributed by atoms with E-state index in [-0.39, 0.29) is 9.77 Å². The Morgan fingerprint density at radius 2 is 2.28 bits per heavy atom. The summed E-state index contributed by atoms with van der Waals surface area (Å²) in [5.41, 5.74) is 0. The van der Waals surface area contributed by atoms with Gasteiger partial charge in [-0.3, -0.25) is 0 Å². The van der Waals surface area contributed by atoms with Crippen LogP contribution in [0.15, 0.2) is 11.2 Å². The van der Waals surface area contributed by atoms with Crippen LogP contribution in [-0.2, 0) is 16.4 Å². The zero-order valence-corrected chi connectivity index (χ0v) is 12.6. The molecule has 1 aliphatic rings. The van der Waals surface area contributed by atoms with Crippen molar-refractivity contribution in [1.29, 1.82) is 0 Å². The van der Waals surface area contributed by atoms with E-state index in [0.29, 0.717) is 25.3 Å². The number of aryl methyl sites for hydroxylation is 1. The monoisotopic (exact) mass is 289 g/mol. The van der Waals surface area contributed by atoms with Crippen molar-refractivity contribution in [3.8, 4) is 0 Å². The Bertz CT molecular complexity index is 522. The average molecular weight is 289 g/mol. The maximum atomic E-state index is 12.4. The van der Waals surface area contributed by atoms with Crippen LogP contribution in [0.5, 0.6) is 0 Å². The lowest BCUT2D eigenvalue weighted by molar-refractivity contribution is 0.386. The number of rotatable bonds is 3. The first kappa shape index (κ1) is 13.9. The van der Waals surface area contributed by atoms with Crippen LogP contribution in [0, 0.1) is 0 Å². The van der Waals surface area contributed by atoms with Crippen molar-refractivity contribution in [3.63, 3.8) is 0 Å². The fourth-order valence-electron chi connectivity index (χ4n) is 1.97. The van der Waals surface area contributed by atoms with Gasteiger partial charge in [-0.15, -0.1) is 0 Å². The zero-order chi connectivity index (χ0) is 13.4. The Labute approximate surface area is 112 Å². The van der Waals surface area contributed by atoms with Gasteiger partial charge in [-0.2, -0.15) is 16.1 Å². The van der Waals surface area contributed by atoms with Crippen LogP contribution in [0.25, 0.3) is 0 Å². The number of nitrogens with one attached hydrogen (secondary N) is 1. The van der Waals surface area contributed by atoms with Gasteiger partial charge in [-0.05, 0) is 13.8 Å². The minimum Gasteiger partial charge on any atom is -0.332 e. The van der Waals surface area contributed by atoms with E-state index in [0.717, 1.165) is 5.75 Å². The number of hydrogen-bond donors (Lipinski definition) is 1. The molecule has 18 heavy (non-hydrogen) atoms. The van der Waals surface area contributed by atoms with Crippen LogP contribution in [0.1, 0.15) is 26.6 Å². The molecule has 0 amide bonds. The van der Waals surface area contributed by atoms with E-state index >= 15 is 0 Å². The first-order chi connectivity index (χ1) is 8.35. The average Bonchev–Trinajstić information content (AvgIpc) is 2.76. The second kappa shape index (κ2) is 4.86. The van der Waals surface area contributed by atoms with Gasteiger partial charge in [-0.25, -0.2) is 13.4 Å². The van der Waals surface area contributed by atoms with Crippen LogP contribution in [0.2, 0.25) is 0 Å². The molecule has 0 bridgehead atoms. The minimum absolute atomic E-state index is 0.0288. The summed E-state index contributed by atoms with van der Waals surface area (Å²) in [7, 11) is -3.42. The number of imidazole rings is 1. The Morgan fingerprint density at radius 1 is 1.56 bits per heavy atom. The van der Waals surface area contributed by atoms with E-state index in [1.165, 1.54) is 6.20 Å². The lowest BCUT2D eigenvalue weighted by atomic mass is 10.2. The molecule has 0 unspecified atom stereocenters. The number of hydrogen-bond acceptors (Lipinski definition) is 4. The number of thioether (sulfide) groups is 1. The van der Waals surface area contributed by atoms with Crippen LogP contribution in [0.3, 0.4) is 0 Å². The summed E-state index contributed by atoms with van der Waals surface area (Å²) in [5, 5.41) is 0.210. The third-order valence-electron chi connectivity index (χ3n) is 2.95. The molecule has 0 aliphatic carbocycles. The Morgan fingerprint density at radius 3 is 2.83 bits per heavy atom. The van der Waals surface area contributed by atoms with Gasteiger partial charge in [0, 0.05) is 30.0 Å². The molecular formula is C11H19N3O2S2. The molecule has 0 aromatic carbocycles. The highest BCUT2D eigenvalue weighted by atomic mass is 32.2. The summed E-state index contributed by atoms with van der Waals surface area (Å²) < 4.78 is 26.4. The first-order valence-corrected chi connectivity index (χ1v) is 8.46. The van der Waals surface area contributed by atoms with Crippen molar-refractivity contribution in [2.75, 3.05) is 18.8 Å². The van der Waals surface area contributed by atoms with Gasteiger partial charge in [-0.1, -0.05) is 6.92 Å². The predicted octanol–water partition coefficient (Wildman–Crippen LogP) is 1.49. The maximum Gasteiger partial charge on any atom is 0.260 e. The van der Waals surface area contributed by atoms with Crippen molar-refractivity contribution in [1.82, 2.24) is 14.3 Å². The molecule has 1 N–H and O–H groups in total. The maximum absolute atomic E-state index is 12.4. The molecule has 0 radical (unpaired) electrons. The molecule has 0 atom stereocenters. The lowest BCUT2D eigenvalue weighted by Gasteiger charge is -2.36. The molecule has 102 valence electrons. The highest BCUT2D eigenvalue weighted by Gasteiger charge is 2.35. The van der Waals surface area contributed by atoms with E-state index < -0.39 is 10.0 Å². The minimum atomic E-state index is -3.42. The Balaban J connectivity index is 2.25. The topological polar surface area (TPSA) is 66.1 Å². The summed E-state index contributed by atoms with van der Waals surface area (Å²) in [4.78, 5) is 6.95. The third-order valence-corrected chi connectivity index (χ3v) is 6.00. The summed E-state index contributed by atoms with van der Waals surface area (Å²) in [6.45, 7) is 7.20. The van der Waals surface area contributed by atoms with Gasteiger partial charge in [0.1, 0.15) is 5.82 Å². The molecule has 0 saturated carbocycles. The number of aromatic nitrogens is 2. The SMILES string of the molecule is CCc1ncc(S(=O)(=O)N2CCSC(C)(C)C2)[nH]1. The van der Waals surface area contributed by atoms with E-state index in [2.05, 4.69) is 23.8 Å². The van der Waals surface area contributed by atoms with Crippen LogP contribution in [0.4, 0.5) is 0 Å². The second-order valence-corrected chi connectivity index (χ2v) is 8.70. The van der Waals surface area contributed by atoms with Crippen LogP contribution >= 0.6 is 11.8 Å². The van der Waals surface area contributed by atoms with Gasteiger partial charge < -0.3 is 4.98 Å². The van der Waals surface area contributed by atoms with E-state index in [4.69, 9.17) is 0 Å². The summed E-state index contributed by atoms with van der Waals surface area (Å²) >= 11 is 1.81. The number of aromatic amines is 1. The van der Waals surface area contributed by atoms with Crippen molar-refractivity contribution < 1.29 is 8.42 Å². The van der Waals surface area contributed by atoms with Gasteiger partial charge in [0.05, 0.1) is 6.20 Å². The first-order valence-electron chi connectivity index (χ1n) is 6.03. The number of H-pyrrole nitrogens is 1. The molecule has 1 aliphatic heterocycles. The highest BCUT2D eigenvalue weighted by molar-refractivity contribution is 8.00. The van der Waals surface area contributed by atoms with Crippen molar-refractivity contribution in [3.05, 3.63) is 12.0 Å². The predicted molar refractivity (Wildman–Crippen MR) is 73.3 cm³/mol. The van der Waals surface area contributed by atoms with Gasteiger partial charge in [0.15, 0.2) is 5.03 Å². The largest absolute Gasteiger partial charge is 0.332 e. The fraction of sp³-hybridized carbons (Fsp3) is 0.727. The quantitative estimate of drug-likeness (QED) is 0.915. The normalized spacial score (nSPS) is 21.1. The van der Waals surface area contributed by atoms with Gasteiger partial charge in [0.2, 0.25) is 0 Å². The standard InChI is InChI=1S/C11H19N3O2S2/c1-4-9-12-7-10(13-9)18(15,16)14-5-6-17-11(2,3)8-14/h7H,4-6,8H2,1-3H3,(H,12,13).